The van der Waals surface area contributed by atoms with E-state index in [1.807, 2.05) is 6.07 Å². The Morgan fingerprint density at radius 2 is 2.08 bits per heavy atom. The van der Waals surface area contributed by atoms with Gasteiger partial charge in [0.2, 0.25) is 5.75 Å². The Morgan fingerprint density at radius 3 is 2.67 bits per heavy atom. The molecule has 0 heterocycles. The minimum absolute atomic E-state index is 0.0619. The highest BCUT2D eigenvalue weighted by Crippen LogP contribution is 2.25. The van der Waals surface area contributed by atoms with Gasteiger partial charge in [0.25, 0.3) is 0 Å². The lowest BCUT2D eigenvalue weighted by atomic mass is 10.0. The van der Waals surface area contributed by atoms with Crippen molar-refractivity contribution in [1.29, 1.82) is 0 Å². The Balaban J connectivity index is 2.92. The summed E-state index contributed by atoms with van der Waals surface area (Å²) >= 11 is 0. The van der Waals surface area contributed by atoms with Crippen LogP contribution >= 0.6 is 0 Å². The van der Waals surface area contributed by atoms with E-state index in [0.717, 1.165) is 12.0 Å². The number of para-hydroxylation sites is 1. The molecule has 0 saturated carbocycles. The Kier molecular flexibility index (Phi) is 2.58. The molecule has 0 aromatic heterocycles. The van der Waals surface area contributed by atoms with Crippen molar-refractivity contribution in [3.05, 3.63) is 23.8 Å². The molecule has 0 aliphatic rings. The highest BCUT2D eigenvalue weighted by Gasteiger charge is 2.05. The first kappa shape index (κ1) is 8.91. The minimum Gasteiger partial charge on any atom is -0.395 e. The first-order valence-electron chi connectivity index (χ1n) is 4.15. The summed E-state index contributed by atoms with van der Waals surface area (Å²) in [5, 5.41) is 11.1. The summed E-state index contributed by atoms with van der Waals surface area (Å²) in [5.41, 5.74) is 7.00. The van der Waals surface area contributed by atoms with Gasteiger partial charge in [0.15, 0.2) is 0 Å². The summed E-state index contributed by atoms with van der Waals surface area (Å²) in [4.78, 5) is 0. The molecule has 0 spiro atoms. The summed E-state index contributed by atoms with van der Waals surface area (Å²) in [6.07, 6.45) is 0.877. The Morgan fingerprint density at radius 1 is 1.42 bits per heavy atom. The van der Waals surface area contributed by atoms with Crippen LogP contribution in [0.5, 0.6) is 5.75 Å². The molecule has 0 atom stereocenters. The fourth-order valence-electron chi connectivity index (χ4n) is 1.21. The number of rotatable bonds is 2. The molecule has 0 amide bonds. The van der Waals surface area contributed by atoms with Gasteiger partial charge < -0.3 is 5.73 Å². The van der Waals surface area contributed by atoms with E-state index in [-0.39, 0.29) is 5.75 Å². The molecule has 2 N–H and O–H groups in total. The van der Waals surface area contributed by atoms with Crippen LogP contribution in [-0.4, -0.2) is 0 Å². The second-order valence-electron chi connectivity index (χ2n) is 3.43. The van der Waals surface area contributed by atoms with Gasteiger partial charge in [-0.15, -0.1) is 0 Å². The van der Waals surface area contributed by atoms with Crippen molar-refractivity contribution in [3.8, 4) is 5.75 Å². The van der Waals surface area contributed by atoms with Gasteiger partial charge in [0.1, 0.15) is 0 Å². The standard InChI is InChI=1S/C10H14NO/c1-7(2)6-8-4-3-5-9(12)10(8)11/h3-5,7H,6,11H2,1-2H3. The molecular weight excluding hydrogens is 150 g/mol. The summed E-state index contributed by atoms with van der Waals surface area (Å²) in [7, 11) is 0. The monoisotopic (exact) mass is 164 g/mol. The predicted molar refractivity (Wildman–Crippen MR) is 49.5 cm³/mol. The van der Waals surface area contributed by atoms with Gasteiger partial charge in [-0.1, -0.05) is 26.0 Å². The first-order valence-corrected chi connectivity index (χ1v) is 4.15. The van der Waals surface area contributed by atoms with Gasteiger partial charge >= 0.3 is 0 Å². The number of anilines is 1. The quantitative estimate of drug-likeness (QED) is 0.671. The predicted octanol–water partition coefficient (Wildman–Crippen LogP) is 2.61. The minimum atomic E-state index is -0.0619. The molecule has 1 aromatic carbocycles. The van der Waals surface area contributed by atoms with Crippen LogP contribution in [0.3, 0.4) is 0 Å². The second-order valence-corrected chi connectivity index (χ2v) is 3.43. The van der Waals surface area contributed by atoms with Crippen molar-refractivity contribution in [2.24, 2.45) is 5.92 Å². The average molecular weight is 164 g/mol. The Bertz CT molecular complexity index is 269. The van der Waals surface area contributed by atoms with Gasteiger partial charge in [-0.25, -0.2) is 0 Å². The van der Waals surface area contributed by atoms with E-state index in [9.17, 15) is 5.11 Å². The number of benzene rings is 1. The summed E-state index contributed by atoms with van der Waals surface area (Å²) in [6, 6.07) is 5.17. The van der Waals surface area contributed by atoms with Crippen LogP contribution < -0.4 is 5.73 Å². The number of hydrogen-bond donors (Lipinski definition) is 1. The third-order valence-electron chi connectivity index (χ3n) is 1.78. The van der Waals surface area contributed by atoms with E-state index < -0.39 is 0 Å². The Hall–Kier alpha value is -1.18. The molecule has 2 heteroatoms. The van der Waals surface area contributed by atoms with Crippen LogP contribution in [-0.2, 0) is 11.5 Å². The molecule has 0 aliphatic heterocycles. The van der Waals surface area contributed by atoms with E-state index >= 15 is 0 Å². The van der Waals surface area contributed by atoms with Crippen molar-refractivity contribution in [2.45, 2.75) is 20.3 Å². The van der Waals surface area contributed by atoms with Gasteiger partial charge in [-0.2, -0.15) is 0 Å². The third kappa shape index (κ3) is 1.91. The van der Waals surface area contributed by atoms with Crippen LogP contribution in [0.1, 0.15) is 19.4 Å². The van der Waals surface area contributed by atoms with Gasteiger partial charge in [-0.05, 0) is 24.0 Å². The summed E-state index contributed by atoms with van der Waals surface area (Å²) in [6.45, 7) is 4.22. The largest absolute Gasteiger partial charge is 0.395 e. The second kappa shape index (κ2) is 3.48. The topological polar surface area (TPSA) is 45.9 Å². The van der Waals surface area contributed by atoms with Crippen LogP contribution in [0.4, 0.5) is 5.69 Å². The van der Waals surface area contributed by atoms with Crippen molar-refractivity contribution in [2.75, 3.05) is 5.73 Å². The Labute approximate surface area is 73.0 Å². The fraction of sp³-hybridized carbons (Fsp3) is 0.400. The zero-order valence-electron chi connectivity index (χ0n) is 7.50. The van der Waals surface area contributed by atoms with Crippen molar-refractivity contribution >= 4 is 5.69 Å². The first-order chi connectivity index (χ1) is 5.61. The normalized spacial score (nSPS) is 10.6. The maximum atomic E-state index is 11.1. The molecule has 0 aliphatic carbocycles. The van der Waals surface area contributed by atoms with E-state index in [1.54, 1.807) is 6.07 Å². The van der Waals surface area contributed by atoms with Gasteiger partial charge in [0.05, 0.1) is 5.69 Å². The lowest BCUT2D eigenvalue weighted by molar-refractivity contribution is 0.356. The van der Waals surface area contributed by atoms with Gasteiger partial charge in [0, 0.05) is 0 Å². The van der Waals surface area contributed by atoms with E-state index in [2.05, 4.69) is 13.8 Å². The van der Waals surface area contributed by atoms with Crippen LogP contribution in [0.15, 0.2) is 18.2 Å². The maximum absolute atomic E-state index is 11.1. The lowest BCUT2D eigenvalue weighted by Gasteiger charge is -2.07. The number of nitrogens with two attached hydrogens (primary N) is 1. The SMILES string of the molecule is CC(C)Cc1cccc([O])c1N. The van der Waals surface area contributed by atoms with E-state index in [0.29, 0.717) is 11.6 Å². The zero-order chi connectivity index (χ0) is 9.14. The lowest BCUT2D eigenvalue weighted by Crippen LogP contribution is -1.99. The van der Waals surface area contributed by atoms with Crippen LogP contribution in [0.2, 0.25) is 0 Å². The fourth-order valence-corrected chi connectivity index (χ4v) is 1.21. The number of nitrogen functional groups attached to an aromatic ring is 1. The van der Waals surface area contributed by atoms with Crippen molar-refractivity contribution in [1.82, 2.24) is 0 Å². The molecule has 0 fully saturated rings. The molecule has 0 bridgehead atoms. The zero-order valence-corrected chi connectivity index (χ0v) is 7.50. The molecule has 1 rings (SSSR count). The van der Waals surface area contributed by atoms with Crippen LogP contribution in [0, 0.1) is 5.92 Å². The summed E-state index contributed by atoms with van der Waals surface area (Å²) in [5.74, 6) is 0.474. The molecule has 0 unspecified atom stereocenters. The molecule has 65 valence electrons. The van der Waals surface area contributed by atoms with Crippen molar-refractivity contribution < 1.29 is 5.11 Å². The summed E-state index contributed by atoms with van der Waals surface area (Å²) < 4.78 is 0. The van der Waals surface area contributed by atoms with Crippen molar-refractivity contribution in [3.63, 3.8) is 0 Å². The highest BCUT2D eigenvalue weighted by molar-refractivity contribution is 5.57. The van der Waals surface area contributed by atoms with E-state index in [4.69, 9.17) is 5.73 Å². The molecule has 12 heavy (non-hydrogen) atoms. The van der Waals surface area contributed by atoms with E-state index in [1.165, 1.54) is 6.07 Å². The highest BCUT2D eigenvalue weighted by atomic mass is 16.3. The molecular formula is C10H14NO. The third-order valence-corrected chi connectivity index (χ3v) is 1.78. The van der Waals surface area contributed by atoms with Gasteiger partial charge in [-0.3, -0.25) is 5.11 Å². The smallest absolute Gasteiger partial charge is 0.201 e. The van der Waals surface area contributed by atoms with Crippen LogP contribution in [0.25, 0.3) is 0 Å². The molecule has 1 radical (unpaired) electrons. The molecule has 2 nitrogen and oxygen atoms in total. The molecule has 0 saturated heterocycles. The molecule has 1 aromatic rings. The maximum Gasteiger partial charge on any atom is 0.201 e. The average Bonchev–Trinajstić information content (AvgIpc) is 1.98. The number of hydrogen-bond acceptors (Lipinski definition) is 1.